The van der Waals surface area contributed by atoms with Crippen molar-refractivity contribution in [1.82, 2.24) is 10.2 Å². The zero-order valence-electron chi connectivity index (χ0n) is 14.7. The minimum absolute atomic E-state index is 0.251. The summed E-state index contributed by atoms with van der Waals surface area (Å²) in [7, 11) is -3.71. The third kappa shape index (κ3) is 5.99. The highest BCUT2D eigenvalue weighted by molar-refractivity contribution is 7.92. The van der Waals surface area contributed by atoms with E-state index in [1.807, 2.05) is 0 Å². The van der Waals surface area contributed by atoms with Crippen LogP contribution in [0.1, 0.15) is 6.92 Å². The molecule has 1 N–H and O–H groups in total. The van der Waals surface area contributed by atoms with Gasteiger partial charge < -0.3 is 10.1 Å². The van der Waals surface area contributed by atoms with Crippen molar-refractivity contribution in [3.8, 4) is 0 Å². The van der Waals surface area contributed by atoms with E-state index >= 15 is 0 Å². The van der Waals surface area contributed by atoms with Gasteiger partial charge in [0.2, 0.25) is 15.9 Å². The lowest BCUT2D eigenvalue weighted by Crippen LogP contribution is -2.49. The smallest absolute Gasteiger partial charge is 0.243 e. The van der Waals surface area contributed by atoms with Gasteiger partial charge in [0.05, 0.1) is 25.2 Å². The molecular formula is C16H23Cl2N3O4S. The summed E-state index contributed by atoms with van der Waals surface area (Å²) in [6.45, 7) is 5.65. The normalized spacial score (nSPS) is 16.9. The molecule has 1 aliphatic heterocycles. The molecule has 7 nitrogen and oxygen atoms in total. The molecular weight excluding hydrogens is 401 g/mol. The molecule has 0 saturated carbocycles. The fourth-order valence-corrected chi connectivity index (χ4v) is 4.46. The van der Waals surface area contributed by atoms with Crippen LogP contribution in [0.3, 0.4) is 0 Å². The summed E-state index contributed by atoms with van der Waals surface area (Å²) in [5, 5.41) is 3.37. The number of hydrogen-bond acceptors (Lipinski definition) is 5. The Bertz CT molecular complexity index is 719. The Balaban J connectivity index is 2.06. The third-order valence-corrected chi connectivity index (χ3v) is 5.70. The zero-order valence-corrected chi connectivity index (χ0v) is 17.1. The summed E-state index contributed by atoms with van der Waals surface area (Å²) >= 11 is 12.0. The molecule has 0 spiro atoms. The van der Waals surface area contributed by atoms with Gasteiger partial charge in [-0.3, -0.25) is 14.0 Å². The Morgan fingerprint density at radius 1 is 1.27 bits per heavy atom. The highest BCUT2D eigenvalue weighted by Gasteiger charge is 2.29. The SMILES string of the molecule is C[C@@H](C(=O)NCCN1CCOCC1)N(c1cc(Cl)cc(Cl)c1)S(C)(=O)=O. The first-order chi connectivity index (χ1) is 12.2. The summed E-state index contributed by atoms with van der Waals surface area (Å²) < 4.78 is 30.8. The van der Waals surface area contributed by atoms with E-state index in [0.717, 1.165) is 23.7 Å². The van der Waals surface area contributed by atoms with Gasteiger partial charge in [-0.25, -0.2) is 8.42 Å². The lowest BCUT2D eigenvalue weighted by molar-refractivity contribution is -0.121. The van der Waals surface area contributed by atoms with Gasteiger partial charge in [0.25, 0.3) is 0 Å². The summed E-state index contributed by atoms with van der Waals surface area (Å²) in [5.74, 6) is -0.389. The first-order valence-electron chi connectivity index (χ1n) is 8.22. The monoisotopic (exact) mass is 423 g/mol. The predicted octanol–water partition coefficient (Wildman–Crippen LogP) is 1.60. The Kier molecular flexibility index (Phi) is 7.54. The van der Waals surface area contributed by atoms with E-state index in [1.165, 1.54) is 25.1 Å². The molecule has 1 aliphatic rings. The molecule has 1 heterocycles. The number of rotatable bonds is 7. The number of nitrogens with zero attached hydrogens (tertiary/aromatic N) is 2. The fraction of sp³-hybridized carbons (Fsp3) is 0.562. The Labute approximate surface area is 164 Å². The number of carbonyl (C=O) groups excluding carboxylic acids is 1. The van der Waals surface area contributed by atoms with Crippen LogP contribution in [-0.2, 0) is 19.6 Å². The average molecular weight is 424 g/mol. The second-order valence-corrected chi connectivity index (χ2v) is 8.84. The van der Waals surface area contributed by atoms with Crippen LogP contribution in [0.2, 0.25) is 10.0 Å². The van der Waals surface area contributed by atoms with Crippen LogP contribution in [0, 0.1) is 0 Å². The van der Waals surface area contributed by atoms with Gasteiger partial charge in [0.1, 0.15) is 6.04 Å². The predicted molar refractivity (Wildman–Crippen MR) is 104 cm³/mol. The van der Waals surface area contributed by atoms with Gasteiger partial charge in [-0.05, 0) is 25.1 Å². The van der Waals surface area contributed by atoms with Crippen molar-refractivity contribution in [1.29, 1.82) is 0 Å². The third-order valence-electron chi connectivity index (χ3n) is 4.02. The minimum atomic E-state index is -3.71. The number of hydrogen-bond donors (Lipinski definition) is 1. The maximum Gasteiger partial charge on any atom is 0.243 e. The molecule has 1 amide bonds. The second-order valence-electron chi connectivity index (χ2n) is 6.11. The molecule has 2 rings (SSSR count). The molecule has 0 aromatic heterocycles. The van der Waals surface area contributed by atoms with Crippen LogP contribution in [-0.4, -0.2) is 70.9 Å². The van der Waals surface area contributed by atoms with Crippen molar-refractivity contribution >= 4 is 44.8 Å². The number of morpholine rings is 1. The molecule has 1 aromatic rings. The van der Waals surface area contributed by atoms with E-state index in [2.05, 4.69) is 10.2 Å². The van der Waals surface area contributed by atoms with Crippen molar-refractivity contribution in [2.75, 3.05) is 50.0 Å². The van der Waals surface area contributed by atoms with Crippen LogP contribution in [0.25, 0.3) is 0 Å². The van der Waals surface area contributed by atoms with Gasteiger partial charge in [-0.1, -0.05) is 23.2 Å². The van der Waals surface area contributed by atoms with Crippen LogP contribution in [0.4, 0.5) is 5.69 Å². The van der Waals surface area contributed by atoms with Crippen molar-refractivity contribution in [3.05, 3.63) is 28.2 Å². The minimum Gasteiger partial charge on any atom is -0.379 e. The van der Waals surface area contributed by atoms with E-state index in [0.29, 0.717) is 36.3 Å². The molecule has 1 saturated heterocycles. The van der Waals surface area contributed by atoms with E-state index in [-0.39, 0.29) is 11.6 Å². The van der Waals surface area contributed by atoms with E-state index in [1.54, 1.807) is 0 Å². The van der Waals surface area contributed by atoms with Gasteiger partial charge in [0, 0.05) is 36.2 Å². The zero-order chi connectivity index (χ0) is 19.3. The highest BCUT2D eigenvalue weighted by atomic mass is 35.5. The molecule has 0 bridgehead atoms. The number of nitrogens with one attached hydrogen (secondary N) is 1. The molecule has 0 radical (unpaired) electrons. The molecule has 26 heavy (non-hydrogen) atoms. The van der Waals surface area contributed by atoms with Crippen molar-refractivity contribution in [2.24, 2.45) is 0 Å². The van der Waals surface area contributed by atoms with Crippen molar-refractivity contribution < 1.29 is 17.9 Å². The van der Waals surface area contributed by atoms with E-state index in [9.17, 15) is 13.2 Å². The molecule has 1 aromatic carbocycles. The molecule has 0 unspecified atom stereocenters. The topological polar surface area (TPSA) is 79.0 Å². The maximum atomic E-state index is 12.5. The Hall–Kier alpha value is -1.06. The first-order valence-corrected chi connectivity index (χ1v) is 10.8. The Morgan fingerprint density at radius 3 is 2.38 bits per heavy atom. The number of ether oxygens (including phenoxy) is 1. The Morgan fingerprint density at radius 2 is 1.85 bits per heavy atom. The van der Waals surface area contributed by atoms with Crippen molar-refractivity contribution in [2.45, 2.75) is 13.0 Å². The second kappa shape index (κ2) is 9.23. The standard InChI is InChI=1S/C16H23Cl2N3O4S/c1-12(16(22)19-3-4-20-5-7-25-8-6-20)21(26(2,23)24)15-10-13(17)9-14(18)11-15/h9-12H,3-8H2,1-2H3,(H,19,22)/t12-/m0/s1. The lowest BCUT2D eigenvalue weighted by atomic mass is 10.2. The fourth-order valence-electron chi connectivity index (χ4n) is 2.78. The summed E-state index contributed by atoms with van der Waals surface area (Å²) in [6.07, 6.45) is 1.04. The highest BCUT2D eigenvalue weighted by Crippen LogP contribution is 2.28. The van der Waals surface area contributed by atoms with Crippen LogP contribution < -0.4 is 9.62 Å². The average Bonchev–Trinajstić information content (AvgIpc) is 2.53. The molecule has 146 valence electrons. The van der Waals surface area contributed by atoms with Crippen molar-refractivity contribution in [3.63, 3.8) is 0 Å². The molecule has 0 aliphatic carbocycles. The summed E-state index contributed by atoms with van der Waals surface area (Å²) in [6, 6.07) is 3.49. The maximum absolute atomic E-state index is 12.5. The largest absolute Gasteiger partial charge is 0.379 e. The van der Waals surface area contributed by atoms with Crippen LogP contribution in [0.15, 0.2) is 18.2 Å². The number of anilines is 1. The molecule has 1 fully saturated rings. The number of halogens is 2. The van der Waals surface area contributed by atoms with E-state index in [4.69, 9.17) is 27.9 Å². The number of sulfonamides is 1. The molecule has 10 heteroatoms. The van der Waals surface area contributed by atoms with E-state index < -0.39 is 16.1 Å². The van der Waals surface area contributed by atoms with Gasteiger partial charge >= 0.3 is 0 Å². The molecule has 1 atom stereocenters. The van der Waals surface area contributed by atoms with Crippen LogP contribution >= 0.6 is 23.2 Å². The lowest BCUT2D eigenvalue weighted by Gasteiger charge is -2.29. The van der Waals surface area contributed by atoms with Gasteiger partial charge in [0.15, 0.2) is 0 Å². The summed E-state index contributed by atoms with van der Waals surface area (Å²) in [4.78, 5) is 14.7. The summed E-state index contributed by atoms with van der Waals surface area (Å²) in [5.41, 5.74) is 0.251. The first kappa shape index (κ1) is 21.2. The number of amides is 1. The van der Waals surface area contributed by atoms with Gasteiger partial charge in [-0.15, -0.1) is 0 Å². The van der Waals surface area contributed by atoms with Gasteiger partial charge in [-0.2, -0.15) is 0 Å². The van der Waals surface area contributed by atoms with Crippen LogP contribution in [0.5, 0.6) is 0 Å². The number of carbonyl (C=O) groups is 1. The number of benzene rings is 1. The quantitative estimate of drug-likeness (QED) is 0.720.